The summed E-state index contributed by atoms with van der Waals surface area (Å²) in [6.07, 6.45) is 0. The molecule has 1 heteroatoms. The van der Waals surface area contributed by atoms with Crippen LogP contribution in [0.4, 0.5) is 0 Å². The Balaban J connectivity index is 1.30. The van der Waals surface area contributed by atoms with Crippen LogP contribution >= 0.6 is 0 Å². The maximum absolute atomic E-state index is 2.45. The van der Waals surface area contributed by atoms with Crippen LogP contribution in [0.15, 0.2) is 224 Å². The summed E-state index contributed by atoms with van der Waals surface area (Å²) in [6, 6.07) is 82.2. The first-order chi connectivity index (χ1) is 28.3. The van der Waals surface area contributed by atoms with Gasteiger partial charge in [-0.05, 0) is 124 Å². The number of aromatic nitrogens is 1. The highest BCUT2D eigenvalue weighted by molar-refractivity contribution is 6.25. The van der Waals surface area contributed by atoms with E-state index in [2.05, 4.69) is 229 Å². The van der Waals surface area contributed by atoms with E-state index < -0.39 is 0 Å². The molecule has 10 aromatic carbocycles. The van der Waals surface area contributed by atoms with Crippen molar-refractivity contribution >= 4 is 43.1 Å². The number of benzene rings is 10. The molecule has 57 heavy (non-hydrogen) atoms. The Hall–Kier alpha value is -7.48. The molecule has 0 aliphatic rings. The van der Waals surface area contributed by atoms with Crippen molar-refractivity contribution in [3.8, 4) is 61.6 Å². The van der Waals surface area contributed by atoms with Gasteiger partial charge in [-0.2, -0.15) is 0 Å². The fourth-order valence-electron chi connectivity index (χ4n) is 9.02. The largest absolute Gasteiger partial charge is 0.309 e. The highest BCUT2D eigenvalue weighted by atomic mass is 15.0. The lowest BCUT2D eigenvalue weighted by atomic mass is 9.82. The normalized spacial score (nSPS) is 11.5. The standard InChI is InChI=1S/C56H37N/c1-4-17-39(18-5-1)50-35-42-24-10-11-25-43(42)36-51(50)56-48-29-15-14-28-47(48)55(46-30-16-26-38-19-12-13-27-45(38)46)52-37-44(31-32-49(52)56)57-53(40-20-6-2-7-21-40)33-34-54(57)41-22-8-3-9-23-41/h1-37H. The summed E-state index contributed by atoms with van der Waals surface area (Å²) in [7, 11) is 0. The van der Waals surface area contributed by atoms with Crippen LogP contribution < -0.4 is 0 Å². The third-order valence-electron chi connectivity index (χ3n) is 11.6. The molecule has 0 N–H and O–H groups in total. The molecule has 0 spiro atoms. The molecule has 0 saturated carbocycles. The van der Waals surface area contributed by atoms with Gasteiger partial charge < -0.3 is 4.57 Å². The highest BCUT2D eigenvalue weighted by Crippen LogP contribution is 2.49. The zero-order valence-electron chi connectivity index (χ0n) is 31.3. The first-order valence-corrected chi connectivity index (χ1v) is 19.7. The fraction of sp³-hybridized carbons (Fsp3) is 0. The number of nitrogens with zero attached hydrogens (tertiary/aromatic N) is 1. The molecule has 0 aliphatic carbocycles. The molecule has 266 valence electrons. The minimum absolute atomic E-state index is 1.12. The molecule has 1 nitrogen and oxygen atoms in total. The van der Waals surface area contributed by atoms with Crippen LogP contribution in [0.2, 0.25) is 0 Å². The van der Waals surface area contributed by atoms with Gasteiger partial charge in [-0.25, -0.2) is 0 Å². The minimum Gasteiger partial charge on any atom is -0.309 e. The molecular formula is C56H37N. The maximum Gasteiger partial charge on any atom is 0.0535 e. The Morgan fingerprint density at radius 1 is 0.246 bits per heavy atom. The van der Waals surface area contributed by atoms with Crippen molar-refractivity contribution in [2.45, 2.75) is 0 Å². The molecule has 0 bridgehead atoms. The Morgan fingerprint density at radius 3 is 1.32 bits per heavy atom. The van der Waals surface area contributed by atoms with Gasteiger partial charge in [-0.3, -0.25) is 0 Å². The van der Waals surface area contributed by atoms with Crippen LogP contribution in [0.1, 0.15) is 0 Å². The summed E-state index contributed by atoms with van der Waals surface area (Å²) >= 11 is 0. The summed E-state index contributed by atoms with van der Waals surface area (Å²) in [5, 5.41) is 9.86. The Kier molecular flexibility index (Phi) is 7.89. The van der Waals surface area contributed by atoms with E-state index in [9.17, 15) is 0 Å². The molecule has 0 atom stereocenters. The SMILES string of the molecule is c1ccc(-c2cc3ccccc3cc2-c2c3ccccc3c(-c3cccc4ccccc34)c3cc(-n4c(-c5ccccc5)ccc4-c4ccccc4)ccc23)cc1. The van der Waals surface area contributed by atoms with Gasteiger partial charge in [0.05, 0.1) is 11.4 Å². The number of hydrogen-bond acceptors (Lipinski definition) is 0. The molecular weight excluding hydrogens is 687 g/mol. The average molecular weight is 724 g/mol. The molecule has 0 radical (unpaired) electrons. The van der Waals surface area contributed by atoms with E-state index in [1.165, 1.54) is 87.6 Å². The van der Waals surface area contributed by atoms with Crippen LogP contribution in [0.5, 0.6) is 0 Å². The van der Waals surface area contributed by atoms with E-state index in [-0.39, 0.29) is 0 Å². The second-order valence-corrected chi connectivity index (χ2v) is 14.8. The van der Waals surface area contributed by atoms with E-state index in [0.29, 0.717) is 0 Å². The van der Waals surface area contributed by atoms with Crippen molar-refractivity contribution < 1.29 is 0 Å². The molecule has 0 fully saturated rings. The Morgan fingerprint density at radius 2 is 0.702 bits per heavy atom. The Bertz CT molecular complexity index is 3200. The second-order valence-electron chi connectivity index (χ2n) is 14.8. The van der Waals surface area contributed by atoms with E-state index in [1.54, 1.807) is 0 Å². The third-order valence-corrected chi connectivity index (χ3v) is 11.6. The van der Waals surface area contributed by atoms with Crippen LogP contribution in [-0.4, -0.2) is 4.57 Å². The number of fused-ring (bicyclic) bond motifs is 4. The lowest BCUT2D eigenvalue weighted by Gasteiger charge is -2.22. The summed E-state index contributed by atoms with van der Waals surface area (Å²) in [6.45, 7) is 0. The number of rotatable bonds is 6. The second kappa shape index (κ2) is 13.7. The van der Waals surface area contributed by atoms with Crippen LogP contribution in [-0.2, 0) is 0 Å². The Labute approximate surface area is 332 Å². The molecule has 1 aromatic heterocycles. The quantitative estimate of drug-likeness (QED) is 0.151. The molecule has 11 aromatic rings. The molecule has 0 amide bonds. The first-order valence-electron chi connectivity index (χ1n) is 19.7. The molecule has 11 rings (SSSR count). The molecule has 0 aliphatic heterocycles. The van der Waals surface area contributed by atoms with Crippen molar-refractivity contribution in [2.75, 3.05) is 0 Å². The van der Waals surface area contributed by atoms with Crippen LogP contribution in [0.3, 0.4) is 0 Å². The van der Waals surface area contributed by atoms with E-state index >= 15 is 0 Å². The average Bonchev–Trinajstić information content (AvgIpc) is 3.74. The predicted octanol–water partition coefficient (Wildman–Crippen LogP) is 15.4. The van der Waals surface area contributed by atoms with Gasteiger partial charge in [0.15, 0.2) is 0 Å². The smallest absolute Gasteiger partial charge is 0.0535 e. The fourth-order valence-corrected chi connectivity index (χ4v) is 9.02. The molecule has 0 saturated heterocycles. The van der Waals surface area contributed by atoms with Gasteiger partial charge in [-0.15, -0.1) is 0 Å². The zero-order chi connectivity index (χ0) is 37.7. The van der Waals surface area contributed by atoms with Crippen LogP contribution in [0.25, 0.3) is 105 Å². The van der Waals surface area contributed by atoms with E-state index in [4.69, 9.17) is 0 Å². The minimum atomic E-state index is 1.12. The van der Waals surface area contributed by atoms with Gasteiger partial charge in [0.2, 0.25) is 0 Å². The summed E-state index contributed by atoms with van der Waals surface area (Å²) in [5.41, 5.74) is 13.2. The third kappa shape index (κ3) is 5.55. The van der Waals surface area contributed by atoms with Crippen molar-refractivity contribution in [1.82, 2.24) is 4.57 Å². The monoisotopic (exact) mass is 723 g/mol. The van der Waals surface area contributed by atoms with Gasteiger partial charge in [0.1, 0.15) is 0 Å². The summed E-state index contributed by atoms with van der Waals surface area (Å²) < 4.78 is 2.44. The van der Waals surface area contributed by atoms with Gasteiger partial charge >= 0.3 is 0 Å². The van der Waals surface area contributed by atoms with Gasteiger partial charge in [0.25, 0.3) is 0 Å². The molecule has 0 unspecified atom stereocenters. The summed E-state index contributed by atoms with van der Waals surface area (Å²) in [4.78, 5) is 0. The lowest BCUT2D eigenvalue weighted by Crippen LogP contribution is -2.01. The zero-order valence-corrected chi connectivity index (χ0v) is 31.3. The van der Waals surface area contributed by atoms with Crippen molar-refractivity contribution in [1.29, 1.82) is 0 Å². The van der Waals surface area contributed by atoms with E-state index in [1.807, 2.05) is 0 Å². The van der Waals surface area contributed by atoms with Crippen molar-refractivity contribution in [3.63, 3.8) is 0 Å². The lowest BCUT2D eigenvalue weighted by molar-refractivity contribution is 1.10. The summed E-state index contributed by atoms with van der Waals surface area (Å²) in [5.74, 6) is 0. The van der Waals surface area contributed by atoms with Crippen molar-refractivity contribution in [3.05, 3.63) is 224 Å². The number of hydrogen-bond donors (Lipinski definition) is 0. The van der Waals surface area contributed by atoms with E-state index in [0.717, 1.165) is 17.1 Å². The van der Waals surface area contributed by atoms with Crippen LogP contribution in [0, 0.1) is 0 Å². The first kappa shape index (κ1) is 32.9. The van der Waals surface area contributed by atoms with Gasteiger partial charge in [-0.1, -0.05) is 188 Å². The maximum atomic E-state index is 2.45. The molecule has 1 heterocycles. The van der Waals surface area contributed by atoms with Crippen molar-refractivity contribution in [2.24, 2.45) is 0 Å². The predicted molar refractivity (Wildman–Crippen MR) is 243 cm³/mol. The highest BCUT2D eigenvalue weighted by Gasteiger charge is 2.22. The van der Waals surface area contributed by atoms with Gasteiger partial charge in [0, 0.05) is 5.69 Å². The topological polar surface area (TPSA) is 4.93 Å².